The Labute approximate surface area is 322 Å². The molecular formula is C51H33N3S. The molecule has 0 N–H and O–H groups in total. The maximum atomic E-state index is 5.27. The van der Waals surface area contributed by atoms with Crippen LogP contribution in [0, 0.1) is 0 Å². The first-order valence-electron chi connectivity index (χ1n) is 18.6. The van der Waals surface area contributed by atoms with Gasteiger partial charge in [-0.1, -0.05) is 146 Å². The molecular weight excluding hydrogens is 687 g/mol. The van der Waals surface area contributed by atoms with E-state index in [1.54, 1.807) is 11.3 Å². The minimum absolute atomic E-state index is 0.996. The van der Waals surface area contributed by atoms with Crippen LogP contribution in [-0.2, 0) is 0 Å². The van der Waals surface area contributed by atoms with Crippen molar-refractivity contribution in [3.63, 3.8) is 0 Å². The molecule has 0 aliphatic heterocycles. The highest BCUT2D eigenvalue weighted by Crippen LogP contribution is 2.46. The van der Waals surface area contributed by atoms with Crippen molar-refractivity contribution in [2.24, 2.45) is 0 Å². The fourth-order valence-corrected chi connectivity index (χ4v) is 9.35. The molecule has 11 rings (SSSR count). The number of thiazole rings is 1. The summed E-state index contributed by atoms with van der Waals surface area (Å²) < 4.78 is 3.60. The number of benzene rings is 9. The SMILES string of the molecule is c1ccc(-c2ccc(N(c3ccc4c(c3)c3c5ccccc5ccc3n4-c3ccccc3)c3cc4nc(-c5ccccc5)sc4c4ccccc34)cc2)cc1. The molecule has 258 valence electrons. The van der Waals surface area contributed by atoms with Gasteiger partial charge in [0.1, 0.15) is 5.01 Å². The zero-order chi connectivity index (χ0) is 36.3. The lowest BCUT2D eigenvalue weighted by atomic mass is 10.0. The van der Waals surface area contributed by atoms with Gasteiger partial charge in [-0.05, 0) is 76.5 Å². The monoisotopic (exact) mass is 719 g/mol. The van der Waals surface area contributed by atoms with Crippen LogP contribution in [0.15, 0.2) is 200 Å². The lowest BCUT2D eigenvalue weighted by Crippen LogP contribution is -2.10. The summed E-state index contributed by atoms with van der Waals surface area (Å²) in [5.41, 5.74) is 11.3. The second kappa shape index (κ2) is 12.8. The van der Waals surface area contributed by atoms with E-state index < -0.39 is 0 Å². The van der Waals surface area contributed by atoms with Crippen molar-refractivity contribution in [2.45, 2.75) is 0 Å². The van der Waals surface area contributed by atoms with Gasteiger partial charge in [-0.15, -0.1) is 11.3 Å². The maximum Gasteiger partial charge on any atom is 0.124 e. The number of nitrogens with zero attached hydrogens (tertiary/aromatic N) is 3. The van der Waals surface area contributed by atoms with Gasteiger partial charge in [0.2, 0.25) is 0 Å². The molecule has 0 spiro atoms. The third-order valence-electron chi connectivity index (χ3n) is 10.8. The molecule has 2 aromatic heterocycles. The predicted molar refractivity (Wildman–Crippen MR) is 235 cm³/mol. The van der Waals surface area contributed by atoms with Gasteiger partial charge in [-0.25, -0.2) is 4.98 Å². The summed E-state index contributed by atoms with van der Waals surface area (Å²) in [5.74, 6) is 0. The van der Waals surface area contributed by atoms with Crippen LogP contribution in [0.1, 0.15) is 0 Å². The molecule has 0 saturated heterocycles. The Morgan fingerprint density at radius 3 is 1.80 bits per heavy atom. The first-order valence-corrected chi connectivity index (χ1v) is 19.4. The van der Waals surface area contributed by atoms with E-state index in [-0.39, 0.29) is 0 Å². The average Bonchev–Trinajstić information content (AvgIpc) is 3.85. The number of fused-ring (bicyclic) bond motifs is 8. The van der Waals surface area contributed by atoms with Crippen LogP contribution in [0.2, 0.25) is 0 Å². The van der Waals surface area contributed by atoms with E-state index in [4.69, 9.17) is 4.98 Å². The number of aromatic nitrogens is 2. The van der Waals surface area contributed by atoms with Gasteiger partial charge < -0.3 is 9.47 Å². The molecule has 0 atom stereocenters. The number of hydrogen-bond acceptors (Lipinski definition) is 3. The van der Waals surface area contributed by atoms with Gasteiger partial charge in [0.15, 0.2) is 0 Å². The van der Waals surface area contributed by atoms with Crippen LogP contribution < -0.4 is 4.90 Å². The fourth-order valence-electron chi connectivity index (χ4n) is 8.26. The van der Waals surface area contributed by atoms with Crippen LogP contribution in [0.3, 0.4) is 0 Å². The summed E-state index contributed by atoms with van der Waals surface area (Å²) >= 11 is 1.76. The summed E-state index contributed by atoms with van der Waals surface area (Å²) in [6.45, 7) is 0. The largest absolute Gasteiger partial charge is 0.310 e. The van der Waals surface area contributed by atoms with Gasteiger partial charge in [0.25, 0.3) is 0 Å². The summed E-state index contributed by atoms with van der Waals surface area (Å²) in [7, 11) is 0. The van der Waals surface area contributed by atoms with E-state index in [1.807, 2.05) is 0 Å². The fraction of sp³-hybridized carbons (Fsp3) is 0. The molecule has 0 aliphatic carbocycles. The van der Waals surface area contributed by atoms with Crippen molar-refractivity contribution in [3.05, 3.63) is 200 Å². The van der Waals surface area contributed by atoms with Crippen LogP contribution in [0.4, 0.5) is 17.1 Å². The Morgan fingerprint density at radius 1 is 0.436 bits per heavy atom. The second-order valence-electron chi connectivity index (χ2n) is 14.0. The molecule has 55 heavy (non-hydrogen) atoms. The third kappa shape index (κ3) is 5.22. The molecule has 0 amide bonds. The molecule has 0 bridgehead atoms. The Hall–Kier alpha value is -7.01. The summed E-state index contributed by atoms with van der Waals surface area (Å²) in [4.78, 5) is 7.69. The van der Waals surface area contributed by atoms with Crippen molar-refractivity contribution in [1.82, 2.24) is 9.55 Å². The van der Waals surface area contributed by atoms with Gasteiger partial charge in [0.05, 0.1) is 26.9 Å². The highest BCUT2D eigenvalue weighted by molar-refractivity contribution is 7.22. The molecule has 0 aliphatic rings. The zero-order valence-corrected chi connectivity index (χ0v) is 30.6. The molecule has 4 heteroatoms. The molecule has 0 fully saturated rings. The van der Waals surface area contributed by atoms with Gasteiger partial charge in [-0.3, -0.25) is 0 Å². The minimum atomic E-state index is 0.996. The summed E-state index contributed by atoms with van der Waals surface area (Å²) in [5, 5.41) is 8.36. The summed E-state index contributed by atoms with van der Waals surface area (Å²) in [6, 6.07) is 72.1. The Morgan fingerprint density at radius 2 is 1.04 bits per heavy atom. The zero-order valence-electron chi connectivity index (χ0n) is 29.8. The Bertz CT molecular complexity index is 3180. The standard InChI is InChI=1S/C51H33N3S/c1-4-14-34(15-5-1)35-24-27-39(28-25-35)53(48-33-45-50(43-23-13-12-22-42(43)48)55-51(52-45)37-17-6-2-7-18-37)40-29-31-46-44(32-40)49-41-21-11-10-16-36(41)26-30-47(49)54(46)38-19-8-3-9-20-38/h1-33H. The van der Waals surface area contributed by atoms with Crippen LogP contribution >= 0.6 is 11.3 Å². The second-order valence-corrected chi connectivity index (χ2v) is 15.0. The van der Waals surface area contributed by atoms with E-state index in [9.17, 15) is 0 Å². The van der Waals surface area contributed by atoms with Crippen molar-refractivity contribution < 1.29 is 0 Å². The minimum Gasteiger partial charge on any atom is -0.310 e. The summed E-state index contributed by atoms with van der Waals surface area (Å²) in [6.07, 6.45) is 0. The van der Waals surface area contributed by atoms with Crippen molar-refractivity contribution in [1.29, 1.82) is 0 Å². The van der Waals surface area contributed by atoms with Crippen LogP contribution in [0.5, 0.6) is 0 Å². The van der Waals surface area contributed by atoms with Crippen molar-refractivity contribution >= 4 is 82.0 Å². The van der Waals surface area contributed by atoms with Crippen LogP contribution in [-0.4, -0.2) is 9.55 Å². The average molecular weight is 720 g/mol. The molecule has 9 aromatic carbocycles. The predicted octanol–water partition coefficient (Wildman–Crippen LogP) is 14.5. The van der Waals surface area contributed by atoms with E-state index in [1.165, 1.54) is 59.2 Å². The first-order chi connectivity index (χ1) is 27.3. The maximum absolute atomic E-state index is 5.27. The number of hydrogen-bond donors (Lipinski definition) is 0. The lowest BCUT2D eigenvalue weighted by molar-refractivity contribution is 1.18. The van der Waals surface area contributed by atoms with E-state index in [0.717, 1.165) is 38.8 Å². The van der Waals surface area contributed by atoms with Gasteiger partial charge >= 0.3 is 0 Å². The molecule has 11 aromatic rings. The Balaban J connectivity index is 1.20. The van der Waals surface area contributed by atoms with Gasteiger partial charge in [-0.2, -0.15) is 0 Å². The quantitative estimate of drug-likeness (QED) is 0.171. The molecule has 0 saturated carbocycles. The molecule has 0 unspecified atom stereocenters. The highest BCUT2D eigenvalue weighted by atomic mass is 32.1. The van der Waals surface area contributed by atoms with E-state index in [0.29, 0.717) is 0 Å². The van der Waals surface area contributed by atoms with Gasteiger partial charge in [0, 0.05) is 44.2 Å². The van der Waals surface area contributed by atoms with E-state index in [2.05, 4.69) is 210 Å². The molecule has 3 nitrogen and oxygen atoms in total. The topological polar surface area (TPSA) is 21.1 Å². The normalized spacial score (nSPS) is 11.6. The van der Waals surface area contributed by atoms with Crippen LogP contribution in [0.25, 0.3) is 81.0 Å². The number of para-hydroxylation sites is 1. The molecule has 2 heterocycles. The Kier molecular flexibility index (Phi) is 7.35. The lowest BCUT2D eigenvalue weighted by Gasteiger charge is -2.27. The third-order valence-corrected chi connectivity index (χ3v) is 11.9. The highest BCUT2D eigenvalue weighted by Gasteiger charge is 2.22. The number of rotatable bonds is 6. The number of anilines is 3. The van der Waals surface area contributed by atoms with Crippen molar-refractivity contribution in [3.8, 4) is 27.4 Å². The smallest absolute Gasteiger partial charge is 0.124 e. The van der Waals surface area contributed by atoms with Crippen molar-refractivity contribution in [2.75, 3.05) is 4.90 Å². The molecule has 0 radical (unpaired) electrons. The van der Waals surface area contributed by atoms with E-state index >= 15 is 0 Å². The first kappa shape index (κ1) is 31.5.